The summed E-state index contributed by atoms with van der Waals surface area (Å²) in [4.78, 5) is 19.2. The van der Waals surface area contributed by atoms with Crippen LogP contribution in [0.3, 0.4) is 0 Å². The van der Waals surface area contributed by atoms with Gasteiger partial charge in [0.25, 0.3) is 5.91 Å². The van der Waals surface area contributed by atoms with E-state index in [1.54, 1.807) is 36.4 Å². The molecule has 28 heavy (non-hydrogen) atoms. The zero-order chi connectivity index (χ0) is 19.5. The quantitative estimate of drug-likeness (QED) is 0.817. The van der Waals surface area contributed by atoms with Crippen molar-refractivity contribution in [3.05, 3.63) is 82.7 Å². The first kappa shape index (κ1) is 18.1. The normalized spacial score (nSPS) is 17.1. The molecule has 1 fully saturated rings. The fourth-order valence-corrected chi connectivity index (χ4v) is 3.88. The van der Waals surface area contributed by atoms with Crippen LogP contribution in [0.15, 0.2) is 65.2 Å². The Hall–Kier alpha value is -3.26. The van der Waals surface area contributed by atoms with E-state index in [-0.39, 0.29) is 11.7 Å². The predicted molar refractivity (Wildman–Crippen MR) is 106 cm³/mol. The number of nitriles is 1. The van der Waals surface area contributed by atoms with Crippen LogP contribution < -0.4 is 0 Å². The summed E-state index contributed by atoms with van der Waals surface area (Å²) < 4.78 is 13.1. The second kappa shape index (κ2) is 7.77. The van der Waals surface area contributed by atoms with Crippen LogP contribution in [0.4, 0.5) is 4.39 Å². The van der Waals surface area contributed by atoms with Crippen molar-refractivity contribution in [3.8, 4) is 6.07 Å². The molecule has 0 aromatic heterocycles. The van der Waals surface area contributed by atoms with Gasteiger partial charge in [0.05, 0.1) is 29.5 Å². The van der Waals surface area contributed by atoms with E-state index < -0.39 is 0 Å². The van der Waals surface area contributed by atoms with E-state index in [1.165, 1.54) is 17.7 Å². The lowest BCUT2D eigenvalue weighted by Crippen LogP contribution is -2.39. The Morgan fingerprint density at radius 3 is 2.54 bits per heavy atom. The Labute approximate surface area is 163 Å². The van der Waals surface area contributed by atoms with E-state index in [0.717, 1.165) is 24.1 Å². The molecule has 2 aliphatic rings. The van der Waals surface area contributed by atoms with E-state index in [2.05, 4.69) is 17.1 Å². The Kier molecular flexibility index (Phi) is 5.03. The van der Waals surface area contributed by atoms with Crippen molar-refractivity contribution in [2.45, 2.75) is 12.8 Å². The SMILES string of the molecule is N#Cc1ccccc1C(=O)N1CCC(C2=CC(c3ccc(F)cc3)=NC2)CC1. The number of nitrogens with zero attached hydrogens (tertiary/aromatic N) is 3. The molecule has 0 bridgehead atoms. The maximum atomic E-state index is 13.1. The minimum Gasteiger partial charge on any atom is -0.339 e. The summed E-state index contributed by atoms with van der Waals surface area (Å²) in [6, 6.07) is 15.5. The van der Waals surface area contributed by atoms with Gasteiger partial charge in [-0.25, -0.2) is 4.39 Å². The summed E-state index contributed by atoms with van der Waals surface area (Å²) in [5.74, 6) is 0.0813. The molecule has 4 nitrogen and oxygen atoms in total. The van der Waals surface area contributed by atoms with Crippen LogP contribution in [0.5, 0.6) is 0 Å². The van der Waals surface area contributed by atoms with Gasteiger partial charge in [-0.15, -0.1) is 0 Å². The second-order valence-electron chi connectivity index (χ2n) is 7.15. The molecule has 0 unspecified atom stereocenters. The summed E-state index contributed by atoms with van der Waals surface area (Å²) in [5, 5.41) is 9.22. The van der Waals surface area contributed by atoms with Crippen LogP contribution in [-0.2, 0) is 0 Å². The molecule has 0 atom stereocenters. The van der Waals surface area contributed by atoms with Gasteiger partial charge in [0, 0.05) is 13.1 Å². The summed E-state index contributed by atoms with van der Waals surface area (Å²) in [6.07, 6.45) is 3.89. The van der Waals surface area contributed by atoms with Crippen LogP contribution in [-0.4, -0.2) is 36.2 Å². The van der Waals surface area contributed by atoms with Gasteiger partial charge < -0.3 is 4.90 Å². The fourth-order valence-electron chi connectivity index (χ4n) is 3.88. The lowest BCUT2D eigenvalue weighted by molar-refractivity contribution is 0.0701. The highest BCUT2D eigenvalue weighted by molar-refractivity contribution is 6.10. The van der Waals surface area contributed by atoms with Crippen LogP contribution in [0.1, 0.15) is 34.3 Å². The van der Waals surface area contributed by atoms with Crippen LogP contribution in [0.2, 0.25) is 0 Å². The number of rotatable bonds is 3. The van der Waals surface area contributed by atoms with Crippen molar-refractivity contribution >= 4 is 11.6 Å². The van der Waals surface area contributed by atoms with Gasteiger partial charge >= 0.3 is 0 Å². The molecule has 2 aromatic rings. The van der Waals surface area contributed by atoms with Gasteiger partial charge in [0.2, 0.25) is 0 Å². The van der Waals surface area contributed by atoms with Gasteiger partial charge in [-0.2, -0.15) is 5.26 Å². The number of benzene rings is 2. The molecule has 2 aromatic carbocycles. The number of aliphatic imine (C=N–C) groups is 1. The summed E-state index contributed by atoms with van der Waals surface area (Å²) in [6.45, 7) is 2.02. The highest BCUT2D eigenvalue weighted by atomic mass is 19.1. The second-order valence-corrected chi connectivity index (χ2v) is 7.15. The van der Waals surface area contributed by atoms with Gasteiger partial charge in [-0.05, 0) is 72.4 Å². The van der Waals surface area contributed by atoms with E-state index in [0.29, 0.717) is 36.7 Å². The maximum absolute atomic E-state index is 13.1. The molecule has 0 spiro atoms. The third-order valence-corrected chi connectivity index (χ3v) is 5.48. The number of hydrogen-bond donors (Lipinski definition) is 0. The summed E-state index contributed by atoms with van der Waals surface area (Å²) in [5.41, 5.74) is 4.01. The molecule has 4 rings (SSSR count). The number of likely N-dealkylation sites (tertiary alicyclic amines) is 1. The molecule has 1 saturated heterocycles. The van der Waals surface area contributed by atoms with Gasteiger partial charge in [0.1, 0.15) is 5.82 Å². The minimum atomic E-state index is -0.249. The molecule has 1 amide bonds. The van der Waals surface area contributed by atoms with Crippen molar-refractivity contribution in [2.75, 3.05) is 19.6 Å². The van der Waals surface area contributed by atoms with Crippen LogP contribution in [0.25, 0.3) is 0 Å². The molecule has 140 valence electrons. The molecule has 0 N–H and O–H groups in total. The average molecular weight is 373 g/mol. The molecule has 0 aliphatic carbocycles. The first-order valence-corrected chi connectivity index (χ1v) is 9.45. The van der Waals surface area contributed by atoms with Gasteiger partial charge in [0.15, 0.2) is 0 Å². The fraction of sp³-hybridized carbons (Fsp3) is 0.261. The third-order valence-electron chi connectivity index (χ3n) is 5.48. The third kappa shape index (κ3) is 3.59. The molecule has 0 saturated carbocycles. The number of amides is 1. The van der Waals surface area contributed by atoms with Crippen molar-refractivity contribution in [1.82, 2.24) is 4.90 Å². The molecule has 5 heteroatoms. The Balaban J connectivity index is 1.40. The Morgan fingerprint density at radius 2 is 1.82 bits per heavy atom. The average Bonchev–Trinajstić information content (AvgIpc) is 3.24. The Morgan fingerprint density at radius 1 is 1.11 bits per heavy atom. The van der Waals surface area contributed by atoms with Crippen molar-refractivity contribution in [3.63, 3.8) is 0 Å². The minimum absolute atomic E-state index is 0.0701. The van der Waals surface area contributed by atoms with Crippen LogP contribution in [0, 0.1) is 23.1 Å². The summed E-state index contributed by atoms with van der Waals surface area (Å²) >= 11 is 0. The highest BCUT2D eigenvalue weighted by Gasteiger charge is 2.28. The molecular weight excluding hydrogens is 353 g/mol. The Bertz CT molecular complexity index is 993. The molecule has 0 radical (unpaired) electrons. The van der Waals surface area contributed by atoms with E-state index in [4.69, 9.17) is 0 Å². The van der Waals surface area contributed by atoms with Crippen LogP contribution >= 0.6 is 0 Å². The van der Waals surface area contributed by atoms with Gasteiger partial charge in [-0.3, -0.25) is 9.79 Å². The van der Waals surface area contributed by atoms with Crippen molar-refractivity contribution in [1.29, 1.82) is 5.26 Å². The zero-order valence-electron chi connectivity index (χ0n) is 15.4. The number of piperidine rings is 1. The number of halogens is 1. The summed E-state index contributed by atoms with van der Waals surface area (Å²) in [7, 11) is 0. The lowest BCUT2D eigenvalue weighted by atomic mass is 9.88. The van der Waals surface area contributed by atoms with Gasteiger partial charge in [-0.1, -0.05) is 12.1 Å². The number of carbonyl (C=O) groups is 1. The number of carbonyl (C=O) groups excluding carboxylic acids is 1. The van der Waals surface area contributed by atoms with Crippen molar-refractivity contribution in [2.24, 2.45) is 10.9 Å². The van der Waals surface area contributed by atoms with Crippen molar-refractivity contribution < 1.29 is 9.18 Å². The number of allylic oxidation sites excluding steroid dienone is 1. The predicted octanol–water partition coefficient (Wildman–Crippen LogP) is 3.98. The van der Waals surface area contributed by atoms with E-state index in [1.807, 2.05) is 4.90 Å². The number of hydrogen-bond acceptors (Lipinski definition) is 3. The zero-order valence-corrected chi connectivity index (χ0v) is 15.4. The first-order valence-electron chi connectivity index (χ1n) is 9.45. The standard InChI is InChI=1S/C23H20FN3O/c24-20-7-5-17(6-8-20)22-13-19(15-26-22)16-9-11-27(12-10-16)23(28)21-4-2-1-3-18(21)14-25/h1-8,13,16H,9-12,15H2. The van der Waals surface area contributed by atoms with E-state index >= 15 is 0 Å². The molecule has 2 aliphatic heterocycles. The van der Waals surface area contributed by atoms with E-state index in [9.17, 15) is 14.4 Å². The molecular formula is C23H20FN3O. The lowest BCUT2D eigenvalue weighted by Gasteiger charge is -2.32. The maximum Gasteiger partial charge on any atom is 0.255 e. The topological polar surface area (TPSA) is 56.5 Å². The largest absolute Gasteiger partial charge is 0.339 e. The highest BCUT2D eigenvalue weighted by Crippen LogP contribution is 2.29. The first-order chi connectivity index (χ1) is 13.7. The smallest absolute Gasteiger partial charge is 0.255 e. The monoisotopic (exact) mass is 373 g/mol. The molecule has 2 heterocycles.